The number of piperidine rings is 3. The highest BCUT2D eigenvalue weighted by Crippen LogP contribution is 2.51. The van der Waals surface area contributed by atoms with Crippen molar-refractivity contribution in [1.82, 2.24) is 4.90 Å². The second kappa shape index (κ2) is 7.05. The number of rotatable bonds is 4. The lowest BCUT2D eigenvalue weighted by atomic mass is 9.71. The van der Waals surface area contributed by atoms with Gasteiger partial charge in [0.15, 0.2) is 0 Å². The first-order chi connectivity index (χ1) is 13.7. The third kappa shape index (κ3) is 2.88. The number of carbonyl (C=O) groups excluding carboxylic acids is 1. The van der Waals surface area contributed by atoms with Gasteiger partial charge in [-0.2, -0.15) is 0 Å². The van der Waals surface area contributed by atoms with Crippen molar-refractivity contribution in [3.63, 3.8) is 0 Å². The Kier molecular flexibility index (Phi) is 4.52. The van der Waals surface area contributed by atoms with Crippen LogP contribution >= 0.6 is 11.3 Å². The molecule has 0 N–H and O–H groups in total. The molecule has 2 aromatic rings. The Bertz CT molecular complexity index is 916. The fourth-order valence-electron chi connectivity index (χ4n) is 5.40. The third-order valence-corrected chi connectivity index (χ3v) is 7.79. The highest BCUT2D eigenvalue weighted by atomic mass is 32.1. The molecule has 5 heteroatoms. The first kappa shape index (κ1) is 18.0. The van der Waals surface area contributed by atoms with Crippen LogP contribution in [-0.4, -0.2) is 43.7 Å². The molecule has 0 radical (unpaired) electrons. The fourth-order valence-corrected chi connectivity index (χ4v) is 6.39. The Morgan fingerprint density at radius 3 is 2.71 bits per heavy atom. The number of benzene rings is 1. The van der Waals surface area contributed by atoms with Gasteiger partial charge in [-0.3, -0.25) is 9.69 Å². The van der Waals surface area contributed by atoms with Gasteiger partial charge in [-0.15, -0.1) is 11.3 Å². The standard InChI is InChI=1S/C23H25NO3S/c1-26-17-6-3-14(4-7-17)21-10-8-18(28-21)11-15-13-24-16-5-9-20(24)22(19(15)12-16)23(25)27-2/h3-4,6-8,10-11,16,19-20,22H,5,9,12-13H2,1-2H3/b15-11+/t16-,19+,20+,22-/m0/s1. The Balaban J connectivity index is 1.42. The zero-order valence-electron chi connectivity index (χ0n) is 16.3. The Morgan fingerprint density at radius 2 is 1.96 bits per heavy atom. The lowest BCUT2D eigenvalue weighted by Gasteiger charge is -2.50. The van der Waals surface area contributed by atoms with Gasteiger partial charge >= 0.3 is 5.97 Å². The molecule has 4 aliphatic rings. The van der Waals surface area contributed by atoms with Crippen molar-refractivity contribution >= 4 is 23.4 Å². The average Bonchev–Trinajstić information content (AvgIpc) is 3.32. The van der Waals surface area contributed by atoms with Crippen molar-refractivity contribution in [2.45, 2.75) is 31.3 Å². The van der Waals surface area contributed by atoms with Crippen LogP contribution in [0.5, 0.6) is 5.75 Å². The molecule has 5 atom stereocenters. The van der Waals surface area contributed by atoms with Crippen LogP contribution in [0.4, 0.5) is 0 Å². The molecule has 4 fully saturated rings. The van der Waals surface area contributed by atoms with E-state index < -0.39 is 0 Å². The lowest BCUT2D eigenvalue weighted by molar-refractivity contribution is -0.153. The number of hydrogen-bond donors (Lipinski definition) is 0. The van der Waals surface area contributed by atoms with Crippen LogP contribution in [0.2, 0.25) is 0 Å². The van der Waals surface area contributed by atoms with Gasteiger partial charge in [0.2, 0.25) is 0 Å². The molecule has 0 saturated carbocycles. The monoisotopic (exact) mass is 395 g/mol. The molecule has 4 saturated heterocycles. The molecule has 28 heavy (non-hydrogen) atoms. The largest absolute Gasteiger partial charge is 0.497 e. The molecule has 1 aromatic carbocycles. The van der Waals surface area contributed by atoms with Gasteiger partial charge < -0.3 is 9.47 Å². The minimum Gasteiger partial charge on any atom is -0.497 e. The molecular formula is C23H25NO3S. The van der Waals surface area contributed by atoms with Crippen LogP contribution in [0, 0.1) is 11.8 Å². The van der Waals surface area contributed by atoms with Gasteiger partial charge in [-0.05, 0) is 73.2 Å². The Hall–Kier alpha value is -2.11. The number of hydrogen-bond acceptors (Lipinski definition) is 5. The summed E-state index contributed by atoms with van der Waals surface area (Å²) in [5.74, 6) is 1.18. The van der Waals surface area contributed by atoms with Crippen molar-refractivity contribution in [3.8, 4) is 16.2 Å². The molecule has 4 nitrogen and oxygen atoms in total. The van der Waals surface area contributed by atoms with Crippen molar-refractivity contribution in [2.75, 3.05) is 20.8 Å². The molecule has 4 bridgehead atoms. The maximum absolute atomic E-state index is 12.5. The van der Waals surface area contributed by atoms with Gasteiger partial charge in [0.1, 0.15) is 5.75 Å². The zero-order valence-corrected chi connectivity index (χ0v) is 17.1. The molecule has 0 spiro atoms. The van der Waals surface area contributed by atoms with E-state index in [9.17, 15) is 4.79 Å². The normalized spacial score (nSPS) is 31.9. The number of thiophene rings is 1. The second-order valence-corrected chi connectivity index (χ2v) is 9.13. The number of carbonyl (C=O) groups is 1. The fraction of sp³-hybridized carbons (Fsp3) is 0.435. The van der Waals surface area contributed by atoms with E-state index in [0.29, 0.717) is 18.0 Å². The predicted molar refractivity (Wildman–Crippen MR) is 111 cm³/mol. The molecule has 146 valence electrons. The number of ether oxygens (including phenoxy) is 2. The summed E-state index contributed by atoms with van der Waals surface area (Å²) in [6, 6.07) is 13.6. The maximum Gasteiger partial charge on any atom is 0.310 e. The van der Waals surface area contributed by atoms with E-state index in [1.165, 1.54) is 34.4 Å². The summed E-state index contributed by atoms with van der Waals surface area (Å²) < 4.78 is 10.4. The highest BCUT2D eigenvalue weighted by molar-refractivity contribution is 7.16. The average molecular weight is 396 g/mol. The summed E-state index contributed by atoms with van der Waals surface area (Å²) in [4.78, 5) is 17.6. The van der Waals surface area contributed by atoms with Crippen LogP contribution in [0.3, 0.4) is 0 Å². The van der Waals surface area contributed by atoms with Crippen molar-refractivity contribution < 1.29 is 14.3 Å². The number of esters is 1. The second-order valence-electron chi connectivity index (χ2n) is 8.01. The minimum atomic E-state index is -0.0314. The Morgan fingerprint density at radius 1 is 1.14 bits per heavy atom. The van der Waals surface area contributed by atoms with E-state index in [2.05, 4.69) is 35.2 Å². The maximum atomic E-state index is 12.5. The lowest BCUT2D eigenvalue weighted by Crippen LogP contribution is -2.58. The molecule has 5 heterocycles. The smallest absolute Gasteiger partial charge is 0.310 e. The van der Waals surface area contributed by atoms with Crippen molar-refractivity contribution in [3.05, 3.63) is 46.8 Å². The summed E-state index contributed by atoms with van der Waals surface area (Å²) in [6.45, 7) is 1.00. The first-order valence-electron chi connectivity index (χ1n) is 9.96. The van der Waals surface area contributed by atoms with Crippen LogP contribution in [0.25, 0.3) is 16.5 Å². The van der Waals surface area contributed by atoms with Crippen molar-refractivity contribution in [1.29, 1.82) is 0 Å². The van der Waals surface area contributed by atoms with Gasteiger partial charge in [0.25, 0.3) is 0 Å². The topological polar surface area (TPSA) is 38.8 Å². The summed E-state index contributed by atoms with van der Waals surface area (Å²) in [6.07, 6.45) is 5.78. The van der Waals surface area contributed by atoms with Gasteiger partial charge in [0.05, 0.1) is 20.1 Å². The molecular weight excluding hydrogens is 370 g/mol. The van der Waals surface area contributed by atoms with Crippen LogP contribution in [0.15, 0.2) is 42.0 Å². The number of fused-ring (bicyclic) bond motifs is 1. The van der Waals surface area contributed by atoms with E-state index >= 15 is 0 Å². The molecule has 0 amide bonds. The predicted octanol–water partition coefficient (Wildman–Crippen LogP) is 4.46. The van der Waals surface area contributed by atoms with E-state index in [1.807, 2.05) is 12.1 Å². The molecule has 1 unspecified atom stereocenters. The van der Waals surface area contributed by atoms with Crippen molar-refractivity contribution in [2.24, 2.45) is 11.8 Å². The highest BCUT2D eigenvalue weighted by Gasteiger charge is 2.55. The minimum absolute atomic E-state index is 0.00442. The molecule has 0 aliphatic carbocycles. The van der Waals surface area contributed by atoms with Crippen LogP contribution in [0.1, 0.15) is 24.1 Å². The Labute approximate surface area is 169 Å². The van der Waals surface area contributed by atoms with Gasteiger partial charge in [0, 0.05) is 28.4 Å². The van der Waals surface area contributed by atoms with E-state index in [4.69, 9.17) is 9.47 Å². The van der Waals surface area contributed by atoms with Crippen LogP contribution < -0.4 is 4.74 Å². The van der Waals surface area contributed by atoms with E-state index in [0.717, 1.165) is 25.1 Å². The third-order valence-electron chi connectivity index (χ3n) is 6.71. The van der Waals surface area contributed by atoms with Gasteiger partial charge in [-0.1, -0.05) is 5.57 Å². The summed E-state index contributed by atoms with van der Waals surface area (Å²) in [7, 11) is 3.21. The van der Waals surface area contributed by atoms with Gasteiger partial charge in [-0.25, -0.2) is 0 Å². The molecule has 1 aromatic heterocycles. The summed E-state index contributed by atoms with van der Waals surface area (Å²) >= 11 is 1.80. The molecule has 6 rings (SSSR count). The molecule has 4 aliphatic heterocycles. The first-order valence-corrected chi connectivity index (χ1v) is 10.8. The summed E-state index contributed by atoms with van der Waals surface area (Å²) in [5.41, 5.74) is 2.60. The van der Waals surface area contributed by atoms with Crippen LogP contribution in [-0.2, 0) is 9.53 Å². The number of methoxy groups -OCH3 is 2. The summed E-state index contributed by atoms with van der Waals surface area (Å²) in [5, 5.41) is 0. The SMILES string of the molecule is COC(=O)[C@H]1[C@@H]2C[C@@H]3CC[C@H]1N3C/C2=C\c1ccc(-c2ccc(OC)cc2)s1. The van der Waals surface area contributed by atoms with E-state index in [1.54, 1.807) is 18.4 Å². The zero-order chi connectivity index (χ0) is 19.3. The number of nitrogens with zero attached hydrogens (tertiary/aromatic N) is 1. The van der Waals surface area contributed by atoms with E-state index in [-0.39, 0.29) is 11.9 Å². The quantitative estimate of drug-likeness (QED) is 0.717.